The van der Waals surface area contributed by atoms with Crippen molar-refractivity contribution in [3.63, 3.8) is 0 Å². The number of halogens is 1. The molecule has 1 aromatic rings. The summed E-state index contributed by atoms with van der Waals surface area (Å²) in [6, 6.07) is 2.93. The summed E-state index contributed by atoms with van der Waals surface area (Å²) in [7, 11) is 0. The second-order valence-electron chi connectivity index (χ2n) is 6.35. The van der Waals surface area contributed by atoms with Gasteiger partial charge in [0.2, 0.25) is 5.95 Å². The second kappa shape index (κ2) is 4.73. The van der Waals surface area contributed by atoms with Gasteiger partial charge < -0.3 is 19.3 Å². The van der Waals surface area contributed by atoms with E-state index in [1.54, 1.807) is 0 Å². The van der Waals surface area contributed by atoms with E-state index in [1.165, 1.54) is 0 Å². The predicted molar refractivity (Wildman–Crippen MR) is 82.1 cm³/mol. The SMILES string of the molecule is Clc1cc(N2C=C3CC2CO3)nc(N2C3CCC2COC3)n1. The minimum Gasteiger partial charge on any atom is -0.494 e. The number of aromatic nitrogens is 2. The summed E-state index contributed by atoms with van der Waals surface area (Å²) in [5.41, 5.74) is 0. The monoisotopic (exact) mass is 320 g/mol. The number of nitrogens with zero attached hydrogens (tertiary/aromatic N) is 4. The van der Waals surface area contributed by atoms with Crippen molar-refractivity contribution in [1.29, 1.82) is 0 Å². The van der Waals surface area contributed by atoms with Crippen LogP contribution in [-0.2, 0) is 9.47 Å². The third-order valence-electron chi connectivity index (χ3n) is 4.98. The summed E-state index contributed by atoms with van der Waals surface area (Å²) in [5, 5.41) is 0.494. The number of rotatable bonds is 2. The summed E-state index contributed by atoms with van der Waals surface area (Å²) in [6.07, 6.45) is 5.27. The van der Waals surface area contributed by atoms with Gasteiger partial charge >= 0.3 is 0 Å². The van der Waals surface area contributed by atoms with E-state index in [0.29, 0.717) is 23.3 Å². The molecular formula is C15H17ClN4O2. The van der Waals surface area contributed by atoms with Crippen LogP contribution in [-0.4, -0.2) is 47.9 Å². The first-order valence-electron chi connectivity index (χ1n) is 7.80. The quantitative estimate of drug-likeness (QED) is 0.776. The molecule has 1 aromatic heterocycles. The molecular weight excluding hydrogens is 304 g/mol. The third kappa shape index (κ3) is 1.90. The molecule has 4 bridgehead atoms. The lowest BCUT2D eigenvalue weighted by Gasteiger charge is -2.35. The van der Waals surface area contributed by atoms with Gasteiger partial charge in [-0.25, -0.2) is 4.98 Å². The van der Waals surface area contributed by atoms with Gasteiger partial charge in [0.25, 0.3) is 0 Å². The van der Waals surface area contributed by atoms with Gasteiger partial charge in [0.1, 0.15) is 23.3 Å². The smallest absolute Gasteiger partial charge is 0.229 e. The fourth-order valence-electron chi connectivity index (χ4n) is 3.93. The summed E-state index contributed by atoms with van der Waals surface area (Å²) in [5.74, 6) is 2.64. The van der Waals surface area contributed by atoms with Crippen LogP contribution in [0.5, 0.6) is 0 Å². The molecule has 6 nitrogen and oxygen atoms in total. The van der Waals surface area contributed by atoms with E-state index in [9.17, 15) is 0 Å². The van der Waals surface area contributed by atoms with Gasteiger partial charge in [0.05, 0.1) is 31.3 Å². The average Bonchev–Trinajstić information content (AvgIpc) is 3.20. The van der Waals surface area contributed by atoms with E-state index in [0.717, 1.165) is 56.6 Å². The maximum Gasteiger partial charge on any atom is 0.229 e. The van der Waals surface area contributed by atoms with E-state index >= 15 is 0 Å². The van der Waals surface area contributed by atoms with E-state index in [2.05, 4.69) is 14.8 Å². The molecule has 0 radical (unpaired) electrons. The average molecular weight is 321 g/mol. The Hall–Kier alpha value is -1.53. The zero-order valence-corrected chi connectivity index (χ0v) is 12.9. The molecule has 0 amide bonds. The van der Waals surface area contributed by atoms with Crippen molar-refractivity contribution < 1.29 is 9.47 Å². The van der Waals surface area contributed by atoms with Crippen LogP contribution in [0.15, 0.2) is 18.0 Å². The zero-order chi connectivity index (χ0) is 14.7. The van der Waals surface area contributed by atoms with E-state index in [4.69, 9.17) is 26.1 Å². The van der Waals surface area contributed by atoms with Gasteiger partial charge in [-0.15, -0.1) is 0 Å². The van der Waals surface area contributed by atoms with Crippen LogP contribution in [0.3, 0.4) is 0 Å². The van der Waals surface area contributed by atoms with Crippen LogP contribution in [0.2, 0.25) is 5.15 Å². The molecule has 5 heterocycles. The van der Waals surface area contributed by atoms with Gasteiger partial charge in [-0.2, -0.15) is 4.98 Å². The van der Waals surface area contributed by atoms with Crippen molar-refractivity contribution in [2.45, 2.75) is 37.4 Å². The number of hydrogen-bond donors (Lipinski definition) is 0. The van der Waals surface area contributed by atoms with Crippen LogP contribution < -0.4 is 9.80 Å². The normalized spacial score (nSPS) is 32.4. The number of ether oxygens (including phenoxy) is 2. The Balaban J connectivity index is 1.52. The Kier molecular flexibility index (Phi) is 2.79. The van der Waals surface area contributed by atoms with Crippen LogP contribution in [0.4, 0.5) is 11.8 Å². The Bertz CT molecular complexity index is 636. The molecule has 22 heavy (non-hydrogen) atoms. The second-order valence-corrected chi connectivity index (χ2v) is 6.74. The first kappa shape index (κ1) is 13.0. The largest absolute Gasteiger partial charge is 0.494 e. The molecule has 0 N–H and O–H groups in total. The lowest BCUT2D eigenvalue weighted by atomic mass is 10.2. The van der Waals surface area contributed by atoms with Crippen LogP contribution in [0.1, 0.15) is 19.3 Å². The highest BCUT2D eigenvalue weighted by Crippen LogP contribution is 2.37. The van der Waals surface area contributed by atoms with Crippen molar-refractivity contribution in [2.75, 3.05) is 29.6 Å². The predicted octanol–water partition coefficient (Wildman–Crippen LogP) is 1.95. The maximum absolute atomic E-state index is 6.28. The molecule has 3 fully saturated rings. The van der Waals surface area contributed by atoms with Crippen LogP contribution in [0, 0.1) is 0 Å². The Morgan fingerprint density at radius 1 is 1.09 bits per heavy atom. The Morgan fingerprint density at radius 3 is 2.59 bits per heavy atom. The molecule has 0 aromatic carbocycles. The van der Waals surface area contributed by atoms with Crippen molar-refractivity contribution in [3.8, 4) is 0 Å². The first-order chi connectivity index (χ1) is 10.8. The van der Waals surface area contributed by atoms with Gasteiger partial charge in [0, 0.05) is 18.7 Å². The summed E-state index contributed by atoms with van der Waals surface area (Å²) in [4.78, 5) is 13.7. The van der Waals surface area contributed by atoms with Gasteiger partial charge in [-0.05, 0) is 12.8 Å². The molecule has 7 heteroatoms. The third-order valence-corrected chi connectivity index (χ3v) is 5.17. The molecule has 3 saturated heterocycles. The summed E-state index contributed by atoms with van der Waals surface area (Å²) >= 11 is 6.28. The molecule has 0 aliphatic carbocycles. The van der Waals surface area contributed by atoms with Gasteiger partial charge in [-0.3, -0.25) is 0 Å². The lowest BCUT2D eigenvalue weighted by molar-refractivity contribution is 0.0897. The van der Waals surface area contributed by atoms with Crippen molar-refractivity contribution in [1.82, 2.24) is 9.97 Å². The van der Waals surface area contributed by atoms with Crippen LogP contribution in [0.25, 0.3) is 0 Å². The van der Waals surface area contributed by atoms with Crippen molar-refractivity contribution in [2.24, 2.45) is 0 Å². The molecule has 3 atom stereocenters. The van der Waals surface area contributed by atoms with Crippen molar-refractivity contribution >= 4 is 23.4 Å². The summed E-state index contributed by atoms with van der Waals surface area (Å²) < 4.78 is 11.2. The first-order valence-corrected chi connectivity index (χ1v) is 8.18. The number of hydrogen-bond acceptors (Lipinski definition) is 6. The fourth-order valence-corrected chi connectivity index (χ4v) is 4.11. The molecule has 116 valence electrons. The minimum absolute atomic E-state index is 0.343. The highest BCUT2D eigenvalue weighted by Gasteiger charge is 2.40. The molecule has 3 unspecified atom stereocenters. The highest BCUT2D eigenvalue weighted by molar-refractivity contribution is 6.29. The Labute approximate surface area is 133 Å². The van der Waals surface area contributed by atoms with Crippen molar-refractivity contribution in [3.05, 3.63) is 23.2 Å². The van der Waals surface area contributed by atoms with E-state index in [1.807, 2.05) is 12.3 Å². The highest BCUT2D eigenvalue weighted by atomic mass is 35.5. The number of morpholine rings is 1. The number of fused-ring (bicyclic) bond motifs is 4. The Morgan fingerprint density at radius 2 is 1.91 bits per heavy atom. The number of anilines is 2. The molecule has 0 spiro atoms. The maximum atomic E-state index is 6.28. The standard InChI is InChI=1S/C15H17ClN4O2/c16-13-4-14(19-5-12-3-11(19)8-22-12)18-15(17-13)20-9-1-2-10(20)7-21-6-9/h4-5,9-11H,1-3,6-8H2. The topological polar surface area (TPSA) is 50.7 Å². The lowest BCUT2D eigenvalue weighted by Crippen LogP contribution is -2.47. The fraction of sp³-hybridized carbons (Fsp3) is 0.600. The molecule has 5 rings (SSSR count). The molecule has 4 aliphatic rings. The van der Waals surface area contributed by atoms with Gasteiger partial charge in [-0.1, -0.05) is 11.6 Å². The van der Waals surface area contributed by atoms with Crippen LogP contribution >= 0.6 is 11.6 Å². The minimum atomic E-state index is 0.343. The molecule has 0 saturated carbocycles. The van der Waals surface area contributed by atoms with E-state index < -0.39 is 0 Å². The van der Waals surface area contributed by atoms with E-state index in [-0.39, 0.29) is 0 Å². The summed E-state index contributed by atoms with van der Waals surface area (Å²) in [6.45, 7) is 2.24. The van der Waals surface area contributed by atoms with Gasteiger partial charge in [0.15, 0.2) is 0 Å². The molecule has 4 aliphatic heterocycles. The zero-order valence-electron chi connectivity index (χ0n) is 12.1.